The van der Waals surface area contributed by atoms with Crippen LogP contribution in [-0.2, 0) is 24.2 Å². The lowest BCUT2D eigenvalue weighted by molar-refractivity contribution is -0.125. The van der Waals surface area contributed by atoms with Gasteiger partial charge in [0.1, 0.15) is 17.0 Å². The number of nitrogens with zero attached hydrogens (tertiary/aromatic N) is 3. The van der Waals surface area contributed by atoms with Gasteiger partial charge in [-0.15, -0.1) is 11.3 Å². The summed E-state index contributed by atoms with van der Waals surface area (Å²) in [5.41, 5.74) is 2.46. The van der Waals surface area contributed by atoms with Gasteiger partial charge in [0.05, 0.1) is 11.3 Å². The number of piperidine rings is 1. The highest BCUT2D eigenvalue weighted by Crippen LogP contribution is 2.32. The molecule has 4 rings (SSSR count). The van der Waals surface area contributed by atoms with Gasteiger partial charge in [-0.1, -0.05) is 38.1 Å². The molecule has 0 aliphatic carbocycles. The maximum atomic E-state index is 12.8. The molecule has 1 aromatic carbocycles. The average molecular weight is 409 g/mol. The summed E-state index contributed by atoms with van der Waals surface area (Å²) in [5.74, 6) is 1.10. The van der Waals surface area contributed by atoms with Crippen molar-refractivity contribution < 1.29 is 4.79 Å². The molecule has 3 heterocycles. The van der Waals surface area contributed by atoms with Crippen molar-refractivity contribution in [3.8, 4) is 0 Å². The number of amides is 1. The first kappa shape index (κ1) is 19.8. The van der Waals surface area contributed by atoms with Crippen LogP contribution in [0.2, 0.25) is 0 Å². The molecule has 5 nitrogen and oxygen atoms in total. The number of benzene rings is 1. The van der Waals surface area contributed by atoms with Crippen molar-refractivity contribution >= 4 is 33.3 Å². The second-order valence-corrected chi connectivity index (χ2v) is 8.77. The lowest BCUT2D eigenvalue weighted by Gasteiger charge is -2.33. The summed E-state index contributed by atoms with van der Waals surface area (Å²) in [7, 11) is 0. The smallest absolute Gasteiger partial charge is 0.225 e. The van der Waals surface area contributed by atoms with Gasteiger partial charge in [-0.3, -0.25) is 4.79 Å². The molecule has 1 amide bonds. The first-order chi connectivity index (χ1) is 14.2. The molecule has 0 unspecified atom stereocenters. The van der Waals surface area contributed by atoms with Crippen molar-refractivity contribution in [2.24, 2.45) is 5.92 Å². The fraction of sp³-hybridized carbons (Fsp3) is 0.435. The Hall–Kier alpha value is -2.47. The van der Waals surface area contributed by atoms with E-state index < -0.39 is 0 Å². The third-order valence-electron chi connectivity index (χ3n) is 5.70. The predicted molar refractivity (Wildman–Crippen MR) is 119 cm³/mol. The van der Waals surface area contributed by atoms with E-state index in [1.165, 1.54) is 10.4 Å². The molecule has 1 atom stereocenters. The molecule has 0 saturated carbocycles. The monoisotopic (exact) mass is 408 g/mol. The molecule has 1 aliphatic heterocycles. The van der Waals surface area contributed by atoms with Crippen LogP contribution < -0.4 is 10.2 Å². The topological polar surface area (TPSA) is 58.1 Å². The van der Waals surface area contributed by atoms with Crippen molar-refractivity contribution in [3.63, 3.8) is 0 Å². The van der Waals surface area contributed by atoms with E-state index >= 15 is 0 Å². The minimum Gasteiger partial charge on any atom is -0.355 e. The summed E-state index contributed by atoms with van der Waals surface area (Å²) in [6, 6.07) is 10.7. The highest BCUT2D eigenvalue weighted by molar-refractivity contribution is 7.18. The van der Waals surface area contributed by atoms with Gasteiger partial charge >= 0.3 is 0 Å². The van der Waals surface area contributed by atoms with Crippen LogP contribution in [0.3, 0.4) is 0 Å². The van der Waals surface area contributed by atoms with Crippen LogP contribution in [0.4, 0.5) is 5.82 Å². The van der Waals surface area contributed by atoms with E-state index in [-0.39, 0.29) is 11.8 Å². The third-order valence-corrected chi connectivity index (χ3v) is 6.88. The molecule has 3 aromatic rings. The Morgan fingerprint density at radius 2 is 1.97 bits per heavy atom. The molecule has 29 heavy (non-hydrogen) atoms. The van der Waals surface area contributed by atoms with Crippen LogP contribution >= 0.6 is 11.3 Å². The van der Waals surface area contributed by atoms with Gasteiger partial charge in [0.2, 0.25) is 5.91 Å². The molecular formula is C23H28N4OS. The molecule has 6 heteroatoms. The Bertz CT molecular complexity index is 982. The van der Waals surface area contributed by atoms with Gasteiger partial charge in [-0.2, -0.15) is 0 Å². The lowest BCUT2D eigenvalue weighted by Crippen LogP contribution is -2.43. The number of fused-ring (bicyclic) bond motifs is 1. The molecule has 1 fully saturated rings. The summed E-state index contributed by atoms with van der Waals surface area (Å²) in [4.78, 5) is 26.4. The lowest BCUT2D eigenvalue weighted by atomic mass is 9.96. The molecular weight excluding hydrogens is 380 g/mol. The Labute approximate surface area is 176 Å². The van der Waals surface area contributed by atoms with Crippen LogP contribution in [0.15, 0.2) is 36.7 Å². The predicted octanol–water partition coefficient (Wildman–Crippen LogP) is 4.35. The van der Waals surface area contributed by atoms with E-state index in [0.717, 1.165) is 53.8 Å². The van der Waals surface area contributed by atoms with E-state index in [1.807, 2.05) is 0 Å². The van der Waals surface area contributed by atoms with E-state index in [9.17, 15) is 4.79 Å². The SMILES string of the molecule is CCc1ccc(CNC(=O)[C@@H]2CCCN(c3ncnc4sc(CC)cc34)C2)cc1. The normalized spacial score (nSPS) is 16.9. The molecule has 2 aromatic heterocycles. The first-order valence-corrected chi connectivity index (χ1v) is 11.3. The number of rotatable bonds is 6. The number of thiophene rings is 1. The Balaban J connectivity index is 1.42. The average Bonchev–Trinajstić information content (AvgIpc) is 3.21. The Morgan fingerprint density at radius 1 is 1.17 bits per heavy atom. The molecule has 0 radical (unpaired) electrons. The largest absolute Gasteiger partial charge is 0.355 e. The van der Waals surface area contributed by atoms with Crippen molar-refractivity contribution in [3.05, 3.63) is 52.7 Å². The van der Waals surface area contributed by atoms with Gasteiger partial charge in [0.25, 0.3) is 0 Å². The number of anilines is 1. The number of hydrogen-bond donors (Lipinski definition) is 1. The molecule has 0 bridgehead atoms. The zero-order chi connectivity index (χ0) is 20.2. The summed E-state index contributed by atoms with van der Waals surface area (Å²) >= 11 is 1.73. The molecule has 1 saturated heterocycles. The van der Waals surface area contributed by atoms with Crippen LogP contribution in [0, 0.1) is 5.92 Å². The highest BCUT2D eigenvalue weighted by Gasteiger charge is 2.27. The van der Waals surface area contributed by atoms with Crippen molar-refractivity contribution in [1.29, 1.82) is 0 Å². The van der Waals surface area contributed by atoms with Crippen LogP contribution in [-0.4, -0.2) is 29.0 Å². The van der Waals surface area contributed by atoms with Crippen molar-refractivity contribution in [2.75, 3.05) is 18.0 Å². The van der Waals surface area contributed by atoms with Gasteiger partial charge in [0, 0.05) is 24.5 Å². The molecule has 1 aliphatic rings. The summed E-state index contributed by atoms with van der Waals surface area (Å²) in [6.07, 6.45) is 5.61. The number of aryl methyl sites for hydroxylation is 2. The minimum absolute atomic E-state index is 0.00652. The van der Waals surface area contributed by atoms with Gasteiger partial charge < -0.3 is 10.2 Å². The zero-order valence-corrected chi connectivity index (χ0v) is 18.0. The summed E-state index contributed by atoms with van der Waals surface area (Å²) in [6.45, 7) is 6.54. The van der Waals surface area contributed by atoms with E-state index in [1.54, 1.807) is 17.7 Å². The second-order valence-electron chi connectivity index (χ2n) is 7.66. The third kappa shape index (κ3) is 4.42. The maximum absolute atomic E-state index is 12.8. The molecule has 0 spiro atoms. The van der Waals surface area contributed by atoms with Crippen LogP contribution in [0.1, 0.15) is 42.7 Å². The molecule has 152 valence electrons. The van der Waals surface area contributed by atoms with E-state index in [4.69, 9.17) is 0 Å². The zero-order valence-electron chi connectivity index (χ0n) is 17.1. The van der Waals surface area contributed by atoms with E-state index in [2.05, 4.69) is 64.4 Å². The number of carbonyl (C=O) groups excluding carboxylic acids is 1. The number of hydrogen-bond acceptors (Lipinski definition) is 5. The minimum atomic E-state index is -0.00652. The number of aromatic nitrogens is 2. The molecule has 1 N–H and O–H groups in total. The Morgan fingerprint density at radius 3 is 2.72 bits per heavy atom. The summed E-state index contributed by atoms with van der Waals surface area (Å²) in [5, 5.41) is 4.25. The second kappa shape index (κ2) is 8.91. The number of carbonyl (C=O) groups is 1. The number of nitrogens with one attached hydrogen (secondary N) is 1. The van der Waals surface area contributed by atoms with Gasteiger partial charge in [-0.05, 0) is 42.9 Å². The van der Waals surface area contributed by atoms with Crippen molar-refractivity contribution in [1.82, 2.24) is 15.3 Å². The highest BCUT2D eigenvalue weighted by atomic mass is 32.1. The quantitative estimate of drug-likeness (QED) is 0.659. The maximum Gasteiger partial charge on any atom is 0.225 e. The van der Waals surface area contributed by atoms with E-state index in [0.29, 0.717) is 13.1 Å². The van der Waals surface area contributed by atoms with Gasteiger partial charge in [0.15, 0.2) is 0 Å². The first-order valence-electron chi connectivity index (χ1n) is 10.5. The van der Waals surface area contributed by atoms with Crippen molar-refractivity contribution in [2.45, 2.75) is 46.1 Å². The fourth-order valence-corrected chi connectivity index (χ4v) is 4.86. The standard InChI is InChI=1S/C23H28N4OS/c1-3-16-7-9-17(10-8-16)13-24-22(28)18-6-5-11-27(14-18)21-20-12-19(4-2)29-23(20)26-15-25-21/h7-10,12,15,18H,3-6,11,13-14H2,1-2H3,(H,24,28)/t18-/m1/s1. The van der Waals surface area contributed by atoms with Crippen LogP contribution in [0.5, 0.6) is 0 Å². The summed E-state index contributed by atoms with van der Waals surface area (Å²) < 4.78 is 0. The fourth-order valence-electron chi connectivity index (χ4n) is 3.93. The van der Waals surface area contributed by atoms with Crippen LogP contribution in [0.25, 0.3) is 10.2 Å². The van der Waals surface area contributed by atoms with Gasteiger partial charge in [-0.25, -0.2) is 9.97 Å². The Kier molecular flexibility index (Phi) is 6.09.